The molecule has 0 bridgehead atoms. The van der Waals surface area contributed by atoms with Gasteiger partial charge in [-0.15, -0.1) is 0 Å². The minimum atomic E-state index is -3.89. The number of aryl methyl sites for hydroxylation is 2. The Morgan fingerprint density at radius 3 is 2.59 bits per heavy atom. The molecule has 8 heteroatoms. The molecule has 0 fully saturated rings. The highest BCUT2D eigenvalue weighted by Gasteiger charge is 2.17. The molecule has 0 atom stereocenters. The lowest BCUT2D eigenvalue weighted by molar-refractivity contribution is 0.420. The summed E-state index contributed by atoms with van der Waals surface area (Å²) in [6.45, 7) is 0. The zero-order valence-corrected chi connectivity index (χ0v) is 12.3. The average Bonchev–Trinajstić information content (AvgIpc) is 3.14. The molecule has 0 aliphatic heterocycles. The maximum absolute atomic E-state index is 11.2. The Morgan fingerprint density at radius 2 is 1.91 bits per heavy atom. The van der Waals surface area contributed by atoms with Crippen molar-refractivity contribution < 1.29 is 17.4 Å². The summed E-state index contributed by atoms with van der Waals surface area (Å²) in [7, 11) is -3.89. The molecule has 0 amide bonds. The summed E-state index contributed by atoms with van der Waals surface area (Å²) in [5, 5.41) is 8.51. The van der Waals surface area contributed by atoms with E-state index in [4.69, 9.17) is 14.1 Å². The van der Waals surface area contributed by atoms with Crippen LogP contribution < -0.4 is 5.14 Å². The zero-order valence-electron chi connectivity index (χ0n) is 11.5. The molecule has 7 nitrogen and oxygen atoms in total. The van der Waals surface area contributed by atoms with Crippen LogP contribution in [-0.4, -0.2) is 18.6 Å². The van der Waals surface area contributed by atoms with Gasteiger partial charge in [-0.3, -0.25) is 0 Å². The van der Waals surface area contributed by atoms with Gasteiger partial charge in [0.25, 0.3) is 15.9 Å². The number of hydrogen-bond donors (Lipinski definition) is 1. The number of primary sulfonamides is 1. The fraction of sp³-hybridized carbons (Fsp3) is 0.143. The van der Waals surface area contributed by atoms with E-state index in [1.807, 2.05) is 30.3 Å². The summed E-state index contributed by atoms with van der Waals surface area (Å²) in [5.74, 6) is 0.735. The second kappa shape index (κ2) is 5.74. The molecule has 3 aromatic rings. The number of furan rings is 1. The third-order valence-corrected chi connectivity index (χ3v) is 3.83. The summed E-state index contributed by atoms with van der Waals surface area (Å²) in [5.41, 5.74) is 1.55. The van der Waals surface area contributed by atoms with Gasteiger partial charge in [-0.1, -0.05) is 35.5 Å². The molecule has 22 heavy (non-hydrogen) atoms. The van der Waals surface area contributed by atoms with E-state index < -0.39 is 10.0 Å². The Hall–Kier alpha value is -2.45. The summed E-state index contributed by atoms with van der Waals surface area (Å²) in [6.07, 6.45) is 2.62. The molecule has 0 spiro atoms. The van der Waals surface area contributed by atoms with Gasteiger partial charge in [0.2, 0.25) is 5.09 Å². The Bertz CT molecular complexity index is 868. The highest BCUT2D eigenvalue weighted by Crippen LogP contribution is 2.22. The molecule has 2 N–H and O–H groups in total. The molecule has 1 aromatic carbocycles. The van der Waals surface area contributed by atoms with E-state index in [1.54, 1.807) is 0 Å². The van der Waals surface area contributed by atoms with Crippen LogP contribution in [0.2, 0.25) is 0 Å². The fourth-order valence-corrected chi connectivity index (χ4v) is 2.42. The van der Waals surface area contributed by atoms with Crippen LogP contribution in [0.3, 0.4) is 0 Å². The first-order chi connectivity index (χ1) is 10.5. The van der Waals surface area contributed by atoms with Crippen LogP contribution in [0.15, 0.2) is 56.7 Å². The fourth-order valence-electron chi connectivity index (χ4n) is 1.95. The third kappa shape index (κ3) is 3.23. The first kappa shape index (κ1) is 14.5. The summed E-state index contributed by atoms with van der Waals surface area (Å²) < 4.78 is 32.3. The van der Waals surface area contributed by atoms with Gasteiger partial charge in [0.1, 0.15) is 6.26 Å². The number of nitrogens with two attached hydrogens (primary N) is 1. The van der Waals surface area contributed by atoms with Crippen LogP contribution in [0.5, 0.6) is 0 Å². The molecule has 0 saturated carbocycles. The summed E-state index contributed by atoms with van der Waals surface area (Å²) >= 11 is 0. The Balaban J connectivity index is 1.72. The van der Waals surface area contributed by atoms with E-state index in [2.05, 4.69) is 10.1 Å². The maximum atomic E-state index is 11.2. The minimum Gasteiger partial charge on any atom is -0.451 e. The maximum Gasteiger partial charge on any atom is 0.271 e. The van der Waals surface area contributed by atoms with Gasteiger partial charge in [0.05, 0.1) is 5.56 Å². The van der Waals surface area contributed by atoms with Gasteiger partial charge in [-0.05, 0) is 12.0 Å². The topological polar surface area (TPSA) is 112 Å². The molecule has 0 aliphatic carbocycles. The van der Waals surface area contributed by atoms with Crippen molar-refractivity contribution in [1.82, 2.24) is 10.1 Å². The molecule has 0 aliphatic rings. The monoisotopic (exact) mass is 319 g/mol. The molecule has 0 unspecified atom stereocenters. The number of sulfonamides is 1. The normalized spacial score (nSPS) is 11.7. The number of hydrogen-bond acceptors (Lipinski definition) is 6. The Labute approximate surface area is 126 Å². The molecule has 0 saturated heterocycles. The van der Waals surface area contributed by atoms with Crippen LogP contribution in [0.1, 0.15) is 11.4 Å². The highest BCUT2D eigenvalue weighted by molar-refractivity contribution is 7.89. The molecule has 114 valence electrons. The van der Waals surface area contributed by atoms with E-state index in [1.165, 1.54) is 17.9 Å². The summed E-state index contributed by atoms with van der Waals surface area (Å²) in [4.78, 5) is 4.22. The van der Waals surface area contributed by atoms with Gasteiger partial charge >= 0.3 is 0 Å². The highest BCUT2D eigenvalue weighted by atomic mass is 32.2. The number of benzene rings is 1. The minimum absolute atomic E-state index is 0.196. The molecular weight excluding hydrogens is 306 g/mol. The van der Waals surface area contributed by atoms with Crippen LogP contribution in [0, 0.1) is 0 Å². The second-order valence-electron chi connectivity index (χ2n) is 4.70. The second-order valence-corrected chi connectivity index (χ2v) is 6.19. The lowest BCUT2D eigenvalue weighted by atomic mass is 10.1. The first-order valence-electron chi connectivity index (χ1n) is 6.50. The van der Waals surface area contributed by atoms with Crippen molar-refractivity contribution in [2.45, 2.75) is 17.9 Å². The van der Waals surface area contributed by atoms with E-state index in [0.29, 0.717) is 17.8 Å². The number of aromatic nitrogens is 2. The number of rotatable bonds is 5. The van der Waals surface area contributed by atoms with Crippen LogP contribution in [0.4, 0.5) is 0 Å². The lowest BCUT2D eigenvalue weighted by Gasteiger charge is -1.96. The van der Waals surface area contributed by atoms with Crippen molar-refractivity contribution in [3.8, 4) is 11.5 Å². The van der Waals surface area contributed by atoms with Crippen LogP contribution in [-0.2, 0) is 22.9 Å². The van der Waals surface area contributed by atoms with Gasteiger partial charge in [-0.25, -0.2) is 13.6 Å². The standard InChI is InChI=1S/C14H13N3O4S/c15-22(18,19)13-8-11(9-20-13)14-16-12(17-21-14)7-6-10-4-2-1-3-5-10/h1-5,8-9H,6-7H2,(H2,15,18,19). The molecule has 3 rings (SSSR count). The molecular formula is C14H13N3O4S. The summed E-state index contributed by atoms with van der Waals surface area (Å²) in [6, 6.07) is 11.2. The average molecular weight is 319 g/mol. The van der Waals surface area contributed by atoms with Crippen LogP contribution >= 0.6 is 0 Å². The van der Waals surface area contributed by atoms with Crippen molar-refractivity contribution in [1.29, 1.82) is 0 Å². The van der Waals surface area contributed by atoms with Crippen molar-refractivity contribution in [3.05, 3.63) is 54.0 Å². The SMILES string of the molecule is NS(=O)(=O)c1cc(-c2nc(CCc3ccccc3)no2)co1. The van der Waals surface area contributed by atoms with Crippen molar-refractivity contribution in [2.24, 2.45) is 5.14 Å². The smallest absolute Gasteiger partial charge is 0.271 e. The van der Waals surface area contributed by atoms with E-state index in [0.717, 1.165) is 6.42 Å². The van der Waals surface area contributed by atoms with Crippen molar-refractivity contribution in [3.63, 3.8) is 0 Å². The first-order valence-corrected chi connectivity index (χ1v) is 8.05. The lowest BCUT2D eigenvalue weighted by Crippen LogP contribution is -2.10. The van der Waals surface area contributed by atoms with Crippen molar-refractivity contribution in [2.75, 3.05) is 0 Å². The van der Waals surface area contributed by atoms with Crippen molar-refractivity contribution >= 4 is 10.0 Å². The van der Waals surface area contributed by atoms with Gasteiger partial charge < -0.3 is 8.94 Å². The predicted molar refractivity (Wildman–Crippen MR) is 77.2 cm³/mol. The molecule has 2 aromatic heterocycles. The van der Waals surface area contributed by atoms with E-state index >= 15 is 0 Å². The van der Waals surface area contributed by atoms with Gasteiger partial charge in [-0.2, -0.15) is 4.98 Å². The molecule has 2 heterocycles. The largest absolute Gasteiger partial charge is 0.451 e. The van der Waals surface area contributed by atoms with Gasteiger partial charge in [0.15, 0.2) is 5.82 Å². The third-order valence-electron chi connectivity index (χ3n) is 3.05. The van der Waals surface area contributed by atoms with E-state index in [-0.39, 0.29) is 11.0 Å². The molecule has 0 radical (unpaired) electrons. The quantitative estimate of drug-likeness (QED) is 0.767. The number of nitrogens with zero attached hydrogens (tertiary/aromatic N) is 2. The Morgan fingerprint density at radius 1 is 1.14 bits per heavy atom. The van der Waals surface area contributed by atoms with E-state index in [9.17, 15) is 8.42 Å². The predicted octanol–water partition coefficient (Wildman–Crippen LogP) is 1.76. The zero-order chi connectivity index (χ0) is 15.6. The Kier molecular flexibility index (Phi) is 3.78. The van der Waals surface area contributed by atoms with Gasteiger partial charge in [0, 0.05) is 12.5 Å². The van der Waals surface area contributed by atoms with Crippen LogP contribution in [0.25, 0.3) is 11.5 Å².